The van der Waals surface area contributed by atoms with E-state index in [0.717, 1.165) is 18.4 Å². The summed E-state index contributed by atoms with van der Waals surface area (Å²) in [5.41, 5.74) is -0.396. The van der Waals surface area contributed by atoms with E-state index < -0.39 is 26.4 Å². The number of nitro benzene ring substituents is 1. The van der Waals surface area contributed by atoms with Crippen molar-refractivity contribution in [3.05, 3.63) is 33.9 Å². The number of hydrogen-bond acceptors (Lipinski definition) is 6. The van der Waals surface area contributed by atoms with Crippen LogP contribution in [0.1, 0.15) is 24.2 Å². The molecule has 2 unspecified atom stereocenters. The number of nitrogens with zero attached hydrogens (tertiary/aromatic N) is 2. The smallest absolute Gasteiger partial charge is 0.271 e. The van der Waals surface area contributed by atoms with E-state index >= 15 is 0 Å². The molecule has 1 heterocycles. The molecule has 1 fully saturated rings. The number of non-ortho nitro benzene ring substituents is 1. The van der Waals surface area contributed by atoms with E-state index in [4.69, 9.17) is 0 Å². The predicted octanol–water partition coefficient (Wildman–Crippen LogP) is 0.821. The van der Waals surface area contributed by atoms with Crippen LogP contribution in [0.4, 0.5) is 5.69 Å². The van der Waals surface area contributed by atoms with Crippen LogP contribution in [-0.2, 0) is 9.84 Å². The minimum atomic E-state index is -3.66. The van der Waals surface area contributed by atoms with Gasteiger partial charge in [-0.3, -0.25) is 14.9 Å². The Morgan fingerprint density at radius 3 is 2.57 bits per heavy atom. The quantitative estimate of drug-likeness (QED) is 0.644. The Morgan fingerprint density at radius 1 is 1.35 bits per heavy atom. The summed E-state index contributed by atoms with van der Waals surface area (Å²) >= 11 is 0. The van der Waals surface area contributed by atoms with Gasteiger partial charge in [-0.25, -0.2) is 8.42 Å². The Kier molecular flexibility index (Phi) is 4.71. The first-order valence-corrected chi connectivity index (χ1v) is 9.04. The van der Waals surface area contributed by atoms with Crippen LogP contribution in [-0.4, -0.2) is 55.6 Å². The number of carbonyl (C=O) groups excluding carboxylic acids is 1. The van der Waals surface area contributed by atoms with Crippen molar-refractivity contribution in [1.82, 2.24) is 10.2 Å². The number of nitrogens with one attached hydrogen (secondary N) is 1. The minimum Gasteiger partial charge on any atom is -0.333 e. The summed E-state index contributed by atoms with van der Waals surface area (Å²) < 4.78 is 23.4. The van der Waals surface area contributed by atoms with Gasteiger partial charge in [-0.2, -0.15) is 0 Å². The molecule has 1 aliphatic heterocycles. The molecular formula is C14H19N3O5S. The number of piperazine rings is 1. The van der Waals surface area contributed by atoms with Gasteiger partial charge in [-0.05, 0) is 19.9 Å². The van der Waals surface area contributed by atoms with Crippen molar-refractivity contribution in [3.8, 4) is 0 Å². The fourth-order valence-corrected chi connectivity index (χ4v) is 3.21. The molecule has 1 aromatic rings. The van der Waals surface area contributed by atoms with Gasteiger partial charge in [-0.1, -0.05) is 0 Å². The highest BCUT2D eigenvalue weighted by atomic mass is 32.2. The van der Waals surface area contributed by atoms with Gasteiger partial charge in [-0.15, -0.1) is 0 Å². The molecule has 23 heavy (non-hydrogen) atoms. The average molecular weight is 341 g/mol. The third-order valence-electron chi connectivity index (χ3n) is 4.07. The summed E-state index contributed by atoms with van der Waals surface area (Å²) in [6, 6.07) is 3.27. The maximum Gasteiger partial charge on any atom is 0.271 e. The zero-order valence-corrected chi connectivity index (χ0v) is 14.0. The van der Waals surface area contributed by atoms with Crippen LogP contribution in [0, 0.1) is 10.1 Å². The second kappa shape index (κ2) is 6.25. The Balaban J connectivity index is 2.47. The van der Waals surface area contributed by atoms with E-state index in [0.29, 0.717) is 13.1 Å². The van der Waals surface area contributed by atoms with Crippen LogP contribution in [0.15, 0.2) is 23.1 Å². The van der Waals surface area contributed by atoms with Crippen molar-refractivity contribution in [2.45, 2.75) is 30.8 Å². The standard InChI is InChI=1S/C14H19N3O5S/c1-9-10(2)16(5-4-15-9)14(18)11-6-12(17(19)20)8-13(7-11)23(3,21)22/h6-10,15H,4-5H2,1-3H3. The third-order valence-corrected chi connectivity index (χ3v) is 5.16. The van der Waals surface area contributed by atoms with Gasteiger partial charge in [0.05, 0.1) is 9.82 Å². The van der Waals surface area contributed by atoms with Crippen LogP contribution in [0.3, 0.4) is 0 Å². The van der Waals surface area contributed by atoms with Crippen LogP contribution >= 0.6 is 0 Å². The lowest BCUT2D eigenvalue weighted by Gasteiger charge is -2.38. The minimum absolute atomic E-state index is 0.0144. The predicted molar refractivity (Wildman–Crippen MR) is 84.2 cm³/mol. The third kappa shape index (κ3) is 3.67. The highest BCUT2D eigenvalue weighted by molar-refractivity contribution is 7.90. The van der Waals surface area contributed by atoms with Crippen molar-refractivity contribution >= 4 is 21.4 Å². The largest absolute Gasteiger partial charge is 0.333 e. The lowest BCUT2D eigenvalue weighted by atomic mass is 10.1. The molecule has 1 saturated heterocycles. The molecule has 0 saturated carbocycles. The van der Waals surface area contributed by atoms with Crippen LogP contribution in [0.2, 0.25) is 0 Å². The monoisotopic (exact) mass is 341 g/mol. The lowest BCUT2D eigenvalue weighted by Crippen LogP contribution is -2.57. The highest BCUT2D eigenvalue weighted by Crippen LogP contribution is 2.23. The SMILES string of the molecule is CC1NCCN(C(=O)c2cc([N+](=O)[O-])cc(S(C)(=O)=O)c2)C1C. The van der Waals surface area contributed by atoms with Gasteiger partial charge < -0.3 is 10.2 Å². The molecule has 1 amide bonds. The molecule has 1 aliphatic rings. The van der Waals surface area contributed by atoms with Crippen LogP contribution in [0.5, 0.6) is 0 Å². The molecule has 1 N–H and O–H groups in total. The van der Waals surface area contributed by atoms with Crippen LogP contribution < -0.4 is 5.32 Å². The molecule has 0 bridgehead atoms. The van der Waals surface area contributed by atoms with Gasteiger partial charge in [0.25, 0.3) is 11.6 Å². The molecule has 0 radical (unpaired) electrons. The highest BCUT2D eigenvalue weighted by Gasteiger charge is 2.30. The maximum absolute atomic E-state index is 12.7. The Morgan fingerprint density at radius 2 is 2.00 bits per heavy atom. The van der Waals surface area contributed by atoms with E-state index in [1.165, 1.54) is 6.07 Å². The summed E-state index contributed by atoms with van der Waals surface area (Å²) in [6.07, 6.45) is 0.954. The Hall–Kier alpha value is -2.00. The number of benzene rings is 1. The molecule has 1 aromatic carbocycles. The lowest BCUT2D eigenvalue weighted by molar-refractivity contribution is -0.385. The first-order valence-electron chi connectivity index (χ1n) is 7.15. The van der Waals surface area contributed by atoms with Gasteiger partial charge in [0.15, 0.2) is 9.84 Å². The number of rotatable bonds is 3. The molecule has 126 valence electrons. The molecule has 0 spiro atoms. The van der Waals surface area contributed by atoms with Crippen molar-refractivity contribution in [2.24, 2.45) is 0 Å². The van der Waals surface area contributed by atoms with Crippen molar-refractivity contribution in [3.63, 3.8) is 0 Å². The average Bonchev–Trinajstić information content (AvgIpc) is 2.48. The van der Waals surface area contributed by atoms with Crippen molar-refractivity contribution in [2.75, 3.05) is 19.3 Å². The zero-order valence-electron chi connectivity index (χ0n) is 13.1. The van der Waals surface area contributed by atoms with E-state index in [1.54, 1.807) is 4.90 Å². The number of hydrogen-bond donors (Lipinski definition) is 1. The molecule has 9 heteroatoms. The maximum atomic E-state index is 12.7. The Labute approximate surface area is 134 Å². The summed E-state index contributed by atoms with van der Waals surface area (Å²) in [5, 5.41) is 14.3. The second-order valence-electron chi connectivity index (χ2n) is 5.73. The Bertz CT molecular complexity index is 747. The number of carbonyl (C=O) groups is 1. The van der Waals surface area contributed by atoms with Crippen molar-refractivity contribution < 1.29 is 18.1 Å². The van der Waals surface area contributed by atoms with Crippen molar-refractivity contribution in [1.29, 1.82) is 0 Å². The first kappa shape index (κ1) is 17.4. The fraction of sp³-hybridized carbons (Fsp3) is 0.500. The summed E-state index contributed by atoms with van der Waals surface area (Å²) in [6.45, 7) is 4.90. The van der Waals surface area contributed by atoms with Gasteiger partial charge in [0, 0.05) is 49.1 Å². The summed E-state index contributed by atoms with van der Waals surface area (Å²) in [4.78, 5) is 24.4. The summed E-state index contributed by atoms with van der Waals surface area (Å²) in [7, 11) is -3.66. The molecular weight excluding hydrogens is 322 g/mol. The topological polar surface area (TPSA) is 110 Å². The van der Waals surface area contributed by atoms with E-state index in [2.05, 4.69) is 5.32 Å². The fourth-order valence-electron chi connectivity index (χ4n) is 2.54. The van der Waals surface area contributed by atoms with Gasteiger partial charge in [0.1, 0.15) is 0 Å². The van der Waals surface area contributed by atoms with Crippen LogP contribution in [0.25, 0.3) is 0 Å². The molecule has 2 rings (SSSR count). The van der Waals surface area contributed by atoms with E-state index in [9.17, 15) is 23.3 Å². The number of nitro groups is 1. The molecule has 0 aromatic heterocycles. The van der Waals surface area contributed by atoms with E-state index in [-0.39, 0.29) is 22.5 Å². The van der Waals surface area contributed by atoms with E-state index in [1.807, 2.05) is 13.8 Å². The number of sulfone groups is 1. The summed E-state index contributed by atoms with van der Waals surface area (Å²) in [5.74, 6) is -0.403. The number of amides is 1. The van der Waals surface area contributed by atoms with Gasteiger partial charge >= 0.3 is 0 Å². The normalized spacial score (nSPS) is 22.0. The molecule has 8 nitrogen and oxygen atoms in total. The molecule has 2 atom stereocenters. The zero-order chi connectivity index (χ0) is 17.4. The second-order valence-corrected chi connectivity index (χ2v) is 7.74. The molecule has 0 aliphatic carbocycles. The van der Waals surface area contributed by atoms with Gasteiger partial charge in [0.2, 0.25) is 0 Å². The first-order chi connectivity index (χ1) is 10.6.